The molecule has 0 fully saturated rings. The molecule has 0 saturated heterocycles. The standard InChI is InChI=1S/C16H12N2O/c19-15-11-10-12-6-4-5-9-14(12)16(15)18-17-13-7-2-1-3-8-13/h1-11,17H/b18-16+/i4D,5D,6D,9D,10D,11D. The third kappa shape index (κ3) is 2.31. The lowest BCUT2D eigenvalue weighted by Crippen LogP contribution is -2.19. The maximum Gasteiger partial charge on any atom is 0.206 e. The lowest BCUT2D eigenvalue weighted by Gasteiger charge is -2.12. The van der Waals surface area contributed by atoms with Crippen molar-refractivity contribution < 1.29 is 13.0 Å². The van der Waals surface area contributed by atoms with Gasteiger partial charge >= 0.3 is 0 Å². The van der Waals surface area contributed by atoms with Crippen molar-refractivity contribution in [3.05, 3.63) is 71.7 Å². The van der Waals surface area contributed by atoms with Crippen LogP contribution in [0.2, 0.25) is 0 Å². The highest BCUT2D eigenvalue weighted by molar-refractivity contribution is 6.52. The van der Waals surface area contributed by atoms with E-state index in [0.717, 1.165) is 0 Å². The number of ketones is 1. The highest BCUT2D eigenvalue weighted by atomic mass is 16.1. The van der Waals surface area contributed by atoms with Gasteiger partial charge < -0.3 is 0 Å². The number of hydrogen-bond acceptors (Lipinski definition) is 3. The Hall–Kier alpha value is -2.68. The zero-order valence-electron chi connectivity index (χ0n) is 15.7. The van der Waals surface area contributed by atoms with E-state index in [1.807, 2.05) is 0 Å². The van der Waals surface area contributed by atoms with Gasteiger partial charge in [-0.25, -0.2) is 0 Å². The van der Waals surface area contributed by atoms with Crippen molar-refractivity contribution in [3.63, 3.8) is 0 Å². The van der Waals surface area contributed by atoms with Gasteiger partial charge in [-0.3, -0.25) is 10.2 Å². The summed E-state index contributed by atoms with van der Waals surface area (Å²) < 4.78 is 47.3. The first-order valence-corrected chi connectivity index (χ1v) is 5.56. The van der Waals surface area contributed by atoms with Crippen molar-refractivity contribution in [3.8, 4) is 0 Å². The predicted octanol–water partition coefficient (Wildman–Crippen LogP) is 3.10. The number of hydrazone groups is 1. The Morgan fingerprint density at radius 3 is 2.68 bits per heavy atom. The Morgan fingerprint density at radius 1 is 1.05 bits per heavy atom. The van der Waals surface area contributed by atoms with Crippen LogP contribution in [0.5, 0.6) is 0 Å². The molecule has 0 amide bonds. The van der Waals surface area contributed by atoms with Gasteiger partial charge in [0.1, 0.15) is 5.71 Å². The summed E-state index contributed by atoms with van der Waals surface area (Å²) in [5, 5.41) is 3.97. The van der Waals surface area contributed by atoms with Crippen molar-refractivity contribution in [2.24, 2.45) is 5.10 Å². The van der Waals surface area contributed by atoms with E-state index in [4.69, 9.17) is 8.22 Å². The minimum atomic E-state index is -0.869. The lowest BCUT2D eigenvalue weighted by atomic mass is 9.95. The van der Waals surface area contributed by atoms with E-state index in [-0.39, 0.29) is 16.8 Å². The van der Waals surface area contributed by atoms with Gasteiger partial charge in [0.2, 0.25) is 5.78 Å². The summed E-state index contributed by atoms with van der Waals surface area (Å²) in [5.41, 5.74) is 2.55. The molecule has 2 aromatic carbocycles. The SMILES string of the molecule is [2H]C1=C([2H])c2c([2H])c([2H])c([2H])c([2H])c2/C(=N\Nc2ccccc2)C1=O. The van der Waals surface area contributed by atoms with Crippen LogP contribution < -0.4 is 5.43 Å². The predicted molar refractivity (Wildman–Crippen MR) is 77.1 cm³/mol. The number of rotatable bonds is 2. The lowest BCUT2D eigenvalue weighted by molar-refractivity contribution is -0.108. The molecule has 0 aromatic heterocycles. The Labute approximate surface area is 119 Å². The Bertz CT molecular complexity index is 953. The fraction of sp³-hybridized carbons (Fsp3) is 0. The molecule has 1 aliphatic rings. The first-order chi connectivity index (χ1) is 11.8. The van der Waals surface area contributed by atoms with Crippen molar-refractivity contribution in [1.82, 2.24) is 0 Å². The molecule has 0 radical (unpaired) electrons. The highest BCUT2D eigenvalue weighted by Crippen LogP contribution is 2.18. The number of hydrogen-bond donors (Lipinski definition) is 1. The van der Waals surface area contributed by atoms with Crippen molar-refractivity contribution >= 4 is 23.2 Å². The number of anilines is 1. The smallest absolute Gasteiger partial charge is 0.206 e. The van der Waals surface area contributed by atoms with Crippen LogP contribution in [-0.4, -0.2) is 11.5 Å². The molecule has 0 heterocycles. The minimum Gasteiger partial charge on any atom is -0.287 e. The molecule has 0 spiro atoms. The van der Waals surface area contributed by atoms with Gasteiger partial charge in [0, 0.05) is 5.56 Å². The average Bonchev–Trinajstić information content (AvgIpc) is 2.62. The molecule has 92 valence electrons. The normalized spacial score (nSPS) is 20.8. The second-order valence-corrected chi connectivity index (χ2v) is 3.77. The molecule has 0 atom stereocenters. The van der Waals surface area contributed by atoms with E-state index in [1.54, 1.807) is 30.3 Å². The van der Waals surface area contributed by atoms with Gasteiger partial charge in [-0.05, 0) is 23.7 Å². The van der Waals surface area contributed by atoms with Crippen LogP contribution in [0.4, 0.5) is 5.69 Å². The number of carbonyl (C=O) groups is 1. The monoisotopic (exact) mass is 254 g/mol. The van der Waals surface area contributed by atoms with Crippen molar-refractivity contribution in [2.45, 2.75) is 0 Å². The molecular formula is C16H12N2O. The van der Waals surface area contributed by atoms with Crippen LogP contribution in [0.1, 0.15) is 19.4 Å². The van der Waals surface area contributed by atoms with Crippen LogP contribution in [-0.2, 0) is 4.79 Å². The summed E-state index contributed by atoms with van der Waals surface area (Å²) in [7, 11) is 0. The van der Waals surface area contributed by atoms with E-state index in [2.05, 4.69) is 10.5 Å². The van der Waals surface area contributed by atoms with Gasteiger partial charge in [-0.15, -0.1) is 0 Å². The van der Waals surface area contributed by atoms with E-state index < -0.39 is 42.1 Å². The van der Waals surface area contributed by atoms with Crippen LogP contribution in [0.15, 0.2) is 65.7 Å². The number of nitrogens with zero attached hydrogens (tertiary/aromatic N) is 1. The molecule has 3 rings (SSSR count). The molecule has 2 aromatic rings. The fourth-order valence-corrected chi connectivity index (χ4v) is 1.62. The number of allylic oxidation sites excluding steroid dienone is 1. The molecule has 0 unspecified atom stereocenters. The summed E-state index contributed by atoms with van der Waals surface area (Å²) in [6.45, 7) is 0. The maximum atomic E-state index is 12.4. The van der Waals surface area contributed by atoms with Gasteiger partial charge in [-0.2, -0.15) is 5.10 Å². The molecule has 0 aliphatic heterocycles. The van der Waals surface area contributed by atoms with Gasteiger partial charge in [0.15, 0.2) is 0 Å². The Kier molecular flexibility index (Phi) is 1.67. The zero-order chi connectivity index (χ0) is 18.3. The van der Waals surface area contributed by atoms with Crippen LogP contribution in [0, 0.1) is 0 Å². The first kappa shape index (κ1) is 6.48. The largest absolute Gasteiger partial charge is 0.287 e. The van der Waals surface area contributed by atoms with Gasteiger partial charge in [-0.1, -0.05) is 48.4 Å². The molecule has 1 N–H and O–H groups in total. The first-order valence-electron chi connectivity index (χ1n) is 8.56. The number of fused-ring (bicyclic) bond motifs is 1. The summed E-state index contributed by atoms with van der Waals surface area (Å²) in [6.07, 6.45) is 0. The van der Waals surface area contributed by atoms with Crippen molar-refractivity contribution in [1.29, 1.82) is 0 Å². The van der Waals surface area contributed by atoms with E-state index in [9.17, 15) is 4.79 Å². The molecule has 3 nitrogen and oxygen atoms in total. The molecule has 0 bridgehead atoms. The number of benzene rings is 2. The maximum absolute atomic E-state index is 12.4. The fourth-order valence-electron chi connectivity index (χ4n) is 1.62. The third-order valence-corrected chi connectivity index (χ3v) is 2.51. The van der Waals surface area contributed by atoms with Crippen molar-refractivity contribution in [2.75, 3.05) is 5.43 Å². The molecular weight excluding hydrogens is 236 g/mol. The van der Waals surface area contributed by atoms with E-state index in [1.165, 1.54) is 0 Å². The quantitative estimate of drug-likeness (QED) is 0.837. The number of nitrogens with one attached hydrogen (secondary N) is 1. The second kappa shape index (κ2) is 4.90. The molecule has 19 heavy (non-hydrogen) atoms. The van der Waals surface area contributed by atoms with Crippen LogP contribution >= 0.6 is 0 Å². The number of para-hydroxylation sites is 1. The Balaban J connectivity index is 2.25. The van der Waals surface area contributed by atoms with Crippen LogP contribution in [0.3, 0.4) is 0 Å². The van der Waals surface area contributed by atoms with Gasteiger partial charge in [0.25, 0.3) is 0 Å². The van der Waals surface area contributed by atoms with Gasteiger partial charge in [0.05, 0.1) is 13.9 Å². The zero-order valence-corrected chi connectivity index (χ0v) is 9.74. The highest BCUT2D eigenvalue weighted by Gasteiger charge is 2.18. The second-order valence-electron chi connectivity index (χ2n) is 3.77. The summed E-state index contributed by atoms with van der Waals surface area (Å²) in [6, 6.07) is 5.53. The van der Waals surface area contributed by atoms with Crippen LogP contribution in [0.25, 0.3) is 6.05 Å². The topological polar surface area (TPSA) is 41.5 Å². The minimum absolute atomic E-state index is 0.166. The third-order valence-electron chi connectivity index (χ3n) is 2.51. The summed E-state index contributed by atoms with van der Waals surface area (Å²) >= 11 is 0. The summed E-state index contributed by atoms with van der Waals surface area (Å²) in [4.78, 5) is 12.4. The Morgan fingerprint density at radius 2 is 1.84 bits per heavy atom. The van der Waals surface area contributed by atoms with E-state index in [0.29, 0.717) is 5.69 Å². The van der Waals surface area contributed by atoms with E-state index >= 15 is 0 Å². The average molecular weight is 254 g/mol. The molecule has 0 saturated carbocycles. The molecule has 1 aliphatic carbocycles. The summed E-state index contributed by atoms with van der Waals surface area (Å²) in [5.74, 6) is -0.869. The molecule has 3 heteroatoms. The number of carbonyl (C=O) groups excluding carboxylic acids is 1.